The molecule has 0 atom stereocenters. The molecule has 0 fully saturated rings. The molecule has 0 aliphatic heterocycles. The van der Waals surface area contributed by atoms with Crippen LogP contribution in [-0.4, -0.2) is 10.2 Å². The van der Waals surface area contributed by atoms with Gasteiger partial charge in [0.05, 0.1) is 29.1 Å². The van der Waals surface area contributed by atoms with Crippen LogP contribution in [0.25, 0.3) is 0 Å². The Morgan fingerprint density at radius 1 is 1.11 bits per heavy atom. The molecule has 2 aromatic carbocycles. The predicted octanol–water partition coefficient (Wildman–Crippen LogP) is 4.84. The minimum absolute atomic E-state index is 0.00319. The van der Waals surface area contributed by atoms with E-state index in [0.29, 0.717) is 0 Å². The Morgan fingerprint density at radius 3 is 2.63 bits per heavy atom. The quantitative estimate of drug-likeness (QED) is 0.605. The van der Waals surface area contributed by atoms with Gasteiger partial charge >= 0.3 is 0 Å². The molecule has 0 radical (unpaired) electrons. The van der Waals surface area contributed by atoms with Gasteiger partial charge in [-0.1, -0.05) is 29.3 Å². The Morgan fingerprint density at radius 2 is 1.89 bits per heavy atom. The van der Waals surface area contributed by atoms with Crippen molar-refractivity contribution in [3.63, 3.8) is 0 Å². The van der Waals surface area contributed by atoms with E-state index in [9.17, 15) is 4.39 Å². The standard InChI is InChI=1S/C18H9Cl2FN4O2/c19-12-5-10(9-23)6-13(8-12)26-18-14(20)2-1-11(17(18)21)7-16-25-24-15(27-16)3-4-22/h1-2,5-6,8H,3,7H2. The molecule has 0 saturated carbocycles. The molecule has 0 spiro atoms. The van der Waals surface area contributed by atoms with E-state index in [-0.39, 0.29) is 57.3 Å². The third-order valence-corrected chi connectivity index (χ3v) is 3.95. The topological polar surface area (TPSA) is 95.7 Å². The fourth-order valence-corrected chi connectivity index (χ4v) is 2.68. The van der Waals surface area contributed by atoms with Gasteiger partial charge in [0.25, 0.3) is 0 Å². The van der Waals surface area contributed by atoms with Crippen LogP contribution in [0.5, 0.6) is 11.5 Å². The van der Waals surface area contributed by atoms with Gasteiger partial charge in [-0.05, 0) is 24.3 Å². The summed E-state index contributed by atoms with van der Waals surface area (Å²) in [5.41, 5.74) is 0.477. The third kappa shape index (κ3) is 4.35. The molecule has 6 nitrogen and oxygen atoms in total. The molecule has 0 unspecified atom stereocenters. The van der Waals surface area contributed by atoms with Crippen LogP contribution in [0, 0.1) is 28.5 Å². The minimum atomic E-state index is -0.707. The first-order valence-electron chi connectivity index (χ1n) is 7.53. The largest absolute Gasteiger partial charge is 0.453 e. The zero-order valence-electron chi connectivity index (χ0n) is 13.5. The van der Waals surface area contributed by atoms with Gasteiger partial charge in [-0.3, -0.25) is 0 Å². The molecule has 0 aliphatic rings. The Labute approximate surface area is 163 Å². The van der Waals surface area contributed by atoms with Gasteiger partial charge in [0.15, 0.2) is 11.6 Å². The molecule has 0 saturated heterocycles. The molecule has 1 aromatic heterocycles. The molecule has 27 heavy (non-hydrogen) atoms. The SMILES string of the molecule is N#CCc1nnc(Cc2ccc(Cl)c(Oc3cc(Cl)cc(C#N)c3)c2F)o1. The summed E-state index contributed by atoms with van der Waals surface area (Å²) in [6.45, 7) is 0. The van der Waals surface area contributed by atoms with Crippen molar-refractivity contribution in [2.75, 3.05) is 0 Å². The summed E-state index contributed by atoms with van der Waals surface area (Å²) in [4.78, 5) is 0. The fourth-order valence-electron chi connectivity index (χ4n) is 2.27. The van der Waals surface area contributed by atoms with Crippen LogP contribution in [0.2, 0.25) is 10.0 Å². The highest BCUT2D eigenvalue weighted by molar-refractivity contribution is 6.32. The first kappa shape index (κ1) is 18.7. The lowest BCUT2D eigenvalue weighted by molar-refractivity contribution is 0.434. The molecule has 0 N–H and O–H groups in total. The predicted molar refractivity (Wildman–Crippen MR) is 94.1 cm³/mol. The van der Waals surface area contributed by atoms with Gasteiger partial charge < -0.3 is 9.15 Å². The van der Waals surface area contributed by atoms with Crippen LogP contribution in [-0.2, 0) is 12.8 Å². The highest BCUT2D eigenvalue weighted by Crippen LogP contribution is 2.35. The van der Waals surface area contributed by atoms with E-state index >= 15 is 0 Å². The van der Waals surface area contributed by atoms with E-state index < -0.39 is 5.82 Å². The highest BCUT2D eigenvalue weighted by atomic mass is 35.5. The highest BCUT2D eigenvalue weighted by Gasteiger charge is 2.18. The van der Waals surface area contributed by atoms with Crippen molar-refractivity contribution >= 4 is 23.2 Å². The van der Waals surface area contributed by atoms with E-state index in [0.717, 1.165) is 0 Å². The zero-order valence-corrected chi connectivity index (χ0v) is 15.1. The van der Waals surface area contributed by atoms with Crippen molar-refractivity contribution < 1.29 is 13.5 Å². The van der Waals surface area contributed by atoms with E-state index in [1.54, 1.807) is 0 Å². The maximum absolute atomic E-state index is 14.9. The molecule has 0 bridgehead atoms. The molecular formula is C18H9Cl2FN4O2. The number of nitrogens with zero attached hydrogens (tertiary/aromatic N) is 4. The Balaban J connectivity index is 1.90. The molecular weight excluding hydrogens is 394 g/mol. The number of hydrogen-bond donors (Lipinski definition) is 0. The van der Waals surface area contributed by atoms with Crippen molar-refractivity contribution in [1.82, 2.24) is 10.2 Å². The second-order valence-electron chi connectivity index (χ2n) is 5.34. The van der Waals surface area contributed by atoms with Crippen molar-refractivity contribution in [2.24, 2.45) is 0 Å². The summed E-state index contributed by atoms with van der Waals surface area (Å²) in [5.74, 6) is -0.438. The molecule has 0 amide bonds. The summed E-state index contributed by atoms with van der Waals surface area (Å²) in [5, 5.41) is 25.4. The lowest BCUT2D eigenvalue weighted by Gasteiger charge is -2.11. The molecule has 0 aliphatic carbocycles. The smallest absolute Gasteiger partial charge is 0.230 e. The average molecular weight is 403 g/mol. The van der Waals surface area contributed by atoms with Crippen LogP contribution >= 0.6 is 23.2 Å². The van der Waals surface area contributed by atoms with Gasteiger partial charge in [0.1, 0.15) is 12.2 Å². The van der Waals surface area contributed by atoms with Crippen LogP contribution < -0.4 is 4.74 Å². The first-order valence-corrected chi connectivity index (χ1v) is 8.29. The van der Waals surface area contributed by atoms with E-state index in [2.05, 4.69) is 10.2 Å². The number of ether oxygens (including phenoxy) is 1. The lowest BCUT2D eigenvalue weighted by atomic mass is 10.1. The van der Waals surface area contributed by atoms with Gasteiger partial charge in [-0.2, -0.15) is 10.5 Å². The van der Waals surface area contributed by atoms with Gasteiger partial charge in [0.2, 0.25) is 11.8 Å². The lowest BCUT2D eigenvalue weighted by Crippen LogP contribution is -1.98. The van der Waals surface area contributed by atoms with Crippen molar-refractivity contribution in [3.8, 4) is 23.6 Å². The maximum Gasteiger partial charge on any atom is 0.230 e. The van der Waals surface area contributed by atoms with Crippen molar-refractivity contribution in [1.29, 1.82) is 10.5 Å². The van der Waals surface area contributed by atoms with Crippen molar-refractivity contribution in [3.05, 3.63) is 69.1 Å². The van der Waals surface area contributed by atoms with Gasteiger partial charge in [0, 0.05) is 10.6 Å². The molecule has 3 rings (SSSR count). The Kier molecular flexibility index (Phi) is 5.56. The summed E-state index contributed by atoms with van der Waals surface area (Å²) in [6.07, 6.45) is -0.0305. The van der Waals surface area contributed by atoms with Crippen LogP contribution in [0.1, 0.15) is 22.9 Å². The maximum atomic E-state index is 14.9. The van der Waals surface area contributed by atoms with Crippen LogP contribution in [0.4, 0.5) is 4.39 Å². The zero-order chi connectivity index (χ0) is 19.4. The normalized spacial score (nSPS) is 10.3. The molecule has 1 heterocycles. The van der Waals surface area contributed by atoms with Gasteiger partial charge in [-0.15, -0.1) is 10.2 Å². The number of halogens is 3. The van der Waals surface area contributed by atoms with Crippen LogP contribution in [0.3, 0.4) is 0 Å². The monoisotopic (exact) mass is 402 g/mol. The third-order valence-electron chi connectivity index (χ3n) is 3.43. The summed E-state index contributed by atoms with van der Waals surface area (Å²) < 4.78 is 25.7. The summed E-state index contributed by atoms with van der Waals surface area (Å²) in [6, 6.07) is 11.1. The van der Waals surface area contributed by atoms with E-state index in [1.165, 1.54) is 30.3 Å². The molecule has 9 heteroatoms. The number of hydrogen-bond acceptors (Lipinski definition) is 6. The first-order chi connectivity index (χ1) is 13.0. The Hall–Kier alpha value is -3.13. The number of nitriles is 2. The minimum Gasteiger partial charge on any atom is -0.453 e. The summed E-state index contributed by atoms with van der Waals surface area (Å²) in [7, 11) is 0. The van der Waals surface area contributed by atoms with Crippen LogP contribution in [0.15, 0.2) is 34.7 Å². The summed E-state index contributed by atoms with van der Waals surface area (Å²) >= 11 is 12.0. The van der Waals surface area contributed by atoms with Crippen molar-refractivity contribution in [2.45, 2.75) is 12.8 Å². The van der Waals surface area contributed by atoms with Gasteiger partial charge in [-0.25, -0.2) is 4.39 Å². The number of benzene rings is 2. The van der Waals surface area contributed by atoms with E-state index in [4.69, 9.17) is 42.9 Å². The van der Waals surface area contributed by atoms with E-state index in [1.807, 2.05) is 12.1 Å². The molecule has 3 aromatic rings. The second-order valence-corrected chi connectivity index (χ2v) is 6.18. The Bertz CT molecular complexity index is 1090. The molecule has 134 valence electrons. The number of rotatable bonds is 5. The average Bonchev–Trinajstić information content (AvgIpc) is 3.08. The second kappa shape index (κ2) is 8.05. The number of aromatic nitrogens is 2. The fraction of sp³-hybridized carbons (Fsp3) is 0.111.